The van der Waals surface area contributed by atoms with Crippen LogP contribution in [0.1, 0.15) is 11.1 Å². The monoisotopic (exact) mass is 322 g/mol. The van der Waals surface area contributed by atoms with E-state index in [1.165, 1.54) is 0 Å². The fourth-order valence-electron chi connectivity index (χ4n) is 2.33. The number of aromatic hydroxyl groups is 2. The van der Waals surface area contributed by atoms with Crippen LogP contribution in [0, 0.1) is 13.8 Å². The molecule has 24 heavy (non-hydrogen) atoms. The summed E-state index contributed by atoms with van der Waals surface area (Å²) in [6, 6.07) is 17.2. The summed E-state index contributed by atoms with van der Waals surface area (Å²) in [7, 11) is 0. The van der Waals surface area contributed by atoms with Crippen molar-refractivity contribution in [2.24, 2.45) is 0 Å². The molecule has 4 heteroatoms. The van der Waals surface area contributed by atoms with Gasteiger partial charge in [-0.15, -0.1) is 0 Å². The van der Waals surface area contributed by atoms with Gasteiger partial charge >= 0.3 is 0 Å². The molecule has 3 rings (SSSR count). The Kier molecular flexibility index (Phi) is 4.29. The highest BCUT2D eigenvalue weighted by Gasteiger charge is 2.05. The summed E-state index contributed by atoms with van der Waals surface area (Å²) in [6.45, 7) is 3.75. The van der Waals surface area contributed by atoms with Crippen molar-refractivity contribution in [3.8, 4) is 34.5 Å². The van der Waals surface area contributed by atoms with Crippen LogP contribution in [-0.4, -0.2) is 10.2 Å². The maximum atomic E-state index is 9.43. The van der Waals surface area contributed by atoms with Gasteiger partial charge in [-0.25, -0.2) is 0 Å². The standard InChI is InChI=1S/C20H18O4/c1-13-11-15(21)3-9-19(13)23-17-5-7-18(8-6-17)24-20-10-4-16(22)12-14(20)2/h3-12,21-22H,1-2H3. The number of phenolic OH excluding ortho intramolecular Hbond substituents is 2. The van der Waals surface area contributed by atoms with E-state index in [0.717, 1.165) is 11.1 Å². The highest BCUT2D eigenvalue weighted by Crippen LogP contribution is 2.31. The Morgan fingerprint density at radius 1 is 0.583 bits per heavy atom. The van der Waals surface area contributed by atoms with Crippen LogP contribution in [0.5, 0.6) is 34.5 Å². The van der Waals surface area contributed by atoms with Crippen LogP contribution in [0.25, 0.3) is 0 Å². The first-order chi connectivity index (χ1) is 11.5. The number of hydrogen-bond acceptors (Lipinski definition) is 4. The highest BCUT2D eigenvalue weighted by molar-refractivity contribution is 5.44. The van der Waals surface area contributed by atoms with Gasteiger partial charge in [-0.2, -0.15) is 0 Å². The van der Waals surface area contributed by atoms with Crippen molar-refractivity contribution in [3.63, 3.8) is 0 Å². The van der Waals surface area contributed by atoms with Crippen LogP contribution in [0.2, 0.25) is 0 Å². The average Bonchev–Trinajstić information content (AvgIpc) is 2.54. The second-order valence-corrected chi connectivity index (χ2v) is 5.58. The SMILES string of the molecule is Cc1cc(O)ccc1Oc1ccc(Oc2ccc(O)cc2C)cc1. The molecule has 0 amide bonds. The summed E-state index contributed by atoms with van der Waals surface area (Å²) in [5.74, 6) is 3.17. The Morgan fingerprint density at radius 3 is 1.29 bits per heavy atom. The zero-order chi connectivity index (χ0) is 17.1. The van der Waals surface area contributed by atoms with Crippen molar-refractivity contribution >= 4 is 0 Å². The molecule has 3 aromatic carbocycles. The molecule has 0 fully saturated rings. The molecule has 0 aliphatic carbocycles. The minimum absolute atomic E-state index is 0.216. The fraction of sp³-hybridized carbons (Fsp3) is 0.100. The third kappa shape index (κ3) is 3.60. The Hall–Kier alpha value is -3.14. The van der Waals surface area contributed by atoms with Gasteiger partial charge in [-0.1, -0.05) is 0 Å². The predicted molar refractivity (Wildman–Crippen MR) is 92.3 cm³/mol. The highest BCUT2D eigenvalue weighted by atomic mass is 16.5. The van der Waals surface area contributed by atoms with E-state index < -0.39 is 0 Å². The van der Waals surface area contributed by atoms with E-state index >= 15 is 0 Å². The van der Waals surface area contributed by atoms with Crippen molar-refractivity contribution in [2.45, 2.75) is 13.8 Å². The third-order valence-electron chi connectivity index (χ3n) is 3.60. The Labute approximate surface area is 140 Å². The van der Waals surface area contributed by atoms with E-state index in [9.17, 15) is 10.2 Å². The Bertz CT molecular complexity index is 782. The maximum Gasteiger partial charge on any atom is 0.130 e. The van der Waals surface area contributed by atoms with Gasteiger partial charge < -0.3 is 19.7 Å². The van der Waals surface area contributed by atoms with Gasteiger partial charge in [0.2, 0.25) is 0 Å². The van der Waals surface area contributed by atoms with Crippen molar-refractivity contribution in [2.75, 3.05) is 0 Å². The smallest absolute Gasteiger partial charge is 0.130 e. The van der Waals surface area contributed by atoms with E-state index in [1.54, 1.807) is 36.4 Å². The van der Waals surface area contributed by atoms with Crippen LogP contribution in [0.3, 0.4) is 0 Å². The van der Waals surface area contributed by atoms with E-state index in [2.05, 4.69) is 0 Å². The number of aryl methyl sites for hydroxylation is 2. The molecule has 0 bridgehead atoms. The van der Waals surface area contributed by atoms with Crippen molar-refractivity contribution in [1.82, 2.24) is 0 Å². The quantitative estimate of drug-likeness (QED) is 0.684. The van der Waals surface area contributed by atoms with Gasteiger partial charge in [-0.3, -0.25) is 0 Å². The molecular formula is C20H18O4. The maximum absolute atomic E-state index is 9.43. The molecule has 4 nitrogen and oxygen atoms in total. The summed E-state index contributed by atoms with van der Waals surface area (Å²) in [4.78, 5) is 0. The average molecular weight is 322 g/mol. The minimum atomic E-state index is 0.216. The lowest BCUT2D eigenvalue weighted by atomic mass is 10.2. The molecule has 3 aromatic rings. The summed E-state index contributed by atoms with van der Waals surface area (Å²) in [6.07, 6.45) is 0. The lowest BCUT2D eigenvalue weighted by molar-refractivity contribution is 0.455. The van der Waals surface area contributed by atoms with Gasteiger partial charge in [0.1, 0.15) is 34.5 Å². The van der Waals surface area contributed by atoms with Gasteiger partial charge in [0.05, 0.1) is 0 Å². The minimum Gasteiger partial charge on any atom is -0.508 e. The van der Waals surface area contributed by atoms with Gasteiger partial charge in [0.25, 0.3) is 0 Å². The lowest BCUT2D eigenvalue weighted by Gasteiger charge is -2.11. The van der Waals surface area contributed by atoms with E-state index in [0.29, 0.717) is 23.0 Å². The number of hydrogen-bond donors (Lipinski definition) is 2. The second kappa shape index (κ2) is 6.54. The first kappa shape index (κ1) is 15.7. The predicted octanol–water partition coefficient (Wildman–Crippen LogP) is 5.30. The van der Waals surface area contributed by atoms with Crippen LogP contribution in [0.15, 0.2) is 60.7 Å². The topological polar surface area (TPSA) is 58.9 Å². The number of ether oxygens (including phenoxy) is 2. The Morgan fingerprint density at radius 2 is 0.958 bits per heavy atom. The number of benzene rings is 3. The summed E-state index contributed by atoms with van der Waals surface area (Å²) in [5, 5.41) is 18.9. The molecule has 0 aliphatic rings. The number of rotatable bonds is 4. The van der Waals surface area contributed by atoms with E-state index in [1.807, 2.05) is 38.1 Å². The van der Waals surface area contributed by atoms with Crippen LogP contribution in [0.4, 0.5) is 0 Å². The van der Waals surface area contributed by atoms with Crippen molar-refractivity contribution in [3.05, 3.63) is 71.8 Å². The molecular weight excluding hydrogens is 304 g/mol. The largest absolute Gasteiger partial charge is 0.508 e. The van der Waals surface area contributed by atoms with Gasteiger partial charge in [0.15, 0.2) is 0 Å². The first-order valence-corrected chi connectivity index (χ1v) is 7.56. The van der Waals surface area contributed by atoms with Gasteiger partial charge in [-0.05, 0) is 85.6 Å². The van der Waals surface area contributed by atoms with Gasteiger partial charge in [0, 0.05) is 0 Å². The molecule has 122 valence electrons. The van der Waals surface area contributed by atoms with Crippen molar-refractivity contribution in [1.29, 1.82) is 0 Å². The third-order valence-corrected chi connectivity index (χ3v) is 3.60. The van der Waals surface area contributed by atoms with E-state index in [4.69, 9.17) is 9.47 Å². The lowest BCUT2D eigenvalue weighted by Crippen LogP contribution is -1.89. The van der Waals surface area contributed by atoms with Crippen molar-refractivity contribution < 1.29 is 19.7 Å². The zero-order valence-electron chi connectivity index (χ0n) is 13.5. The second-order valence-electron chi connectivity index (χ2n) is 5.58. The molecule has 0 saturated heterocycles. The summed E-state index contributed by atoms with van der Waals surface area (Å²) in [5.41, 5.74) is 1.71. The normalized spacial score (nSPS) is 10.4. The molecule has 0 spiro atoms. The fourth-order valence-corrected chi connectivity index (χ4v) is 2.33. The molecule has 0 atom stereocenters. The van der Waals surface area contributed by atoms with Crippen LogP contribution < -0.4 is 9.47 Å². The molecule has 2 N–H and O–H groups in total. The van der Waals surface area contributed by atoms with Crippen LogP contribution >= 0.6 is 0 Å². The zero-order valence-corrected chi connectivity index (χ0v) is 13.5. The molecule has 0 aromatic heterocycles. The molecule has 0 aliphatic heterocycles. The Balaban J connectivity index is 1.73. The molecule has 0 unspecified atom stereocenters. The van der Waals surface area contributed by atoms with Crippen LogP contribution in [-0.2, 0) is 0 Å². The first-order valence-electron chi connectivity index (χ1n) is 7.56. The molecule has 0 radical (unpaired) electrons. The molecule has 0 heterocycles. The molecule has 0 saturated carbocycles. The number of phenols is 2. The summed E-state index contributed by atoms with van der Waals surface area (Å²) >= 11 is 0. The summed E-state index contributed by atoms with van der Waals surface area (Å²) < 4.78 is 11.6. The van der Waals surface area contributed by atoms with E-state index in [-0.39, 0.29) is 11.5 Å².